The molecule has 3 aromatic heterocycles. The van der Waals surface area contributed by atoms with Crippen molar-refractivity contribution < 1.29 is 23.1 Å². The van der Waals surface area contributed by atoms with Crippen LogP contribution in [0.1, 0.15) is 16.2 Å². The molecule has 0 aliphatic rings. The lowest BCUT2D eigenvalue weighted by Crippen LogP contribution is -2.06. The summed E-state index contributed by atoms with van der Waals surface area (Å²) in [7, 11) is 2.95. The zero-order valence-electron chi connectivity index (χ0n) is 14.9. The highest BCUT2D eigenvalue weighted by molar-refractivity contribution is 8.76. The molecule has 0 amide bonds. The number of aromatic hydroxyl groups is 1. The number of aryl methyl sites for hydroxylation is 1. The maximum Gasteiger partial charge on any atom is 0.425 e. The second-order valence-corrected chi connectivity index (χ2v) is 10.5. The van der Waals surface area contributed by atoms with Crippen molar-refractivity contribution in [3.63, 3.8) is 0 Å². The number of alkyl halides is 3. The zero-order valence-corrected chi connectivity index (χ0v) is 18.1. The van der Waals surface area contributed by atoms with Crippen LogP contribution in [0.3, 0.4) is 0 Å². The van der Waals surface area contributed by atoms with Gasteiger partial charge in [0.05, 0.1) is 16.0 Å². The summed E-state index contributed by atoms with van der Waals surface area (Å²) >= 11 is 2.06. The van der Waals surface area contributed by atoms with Crippen LogP contribution in [-0.2, 0) is 17.4 Å². The molecule has 0 spiro atoms. The van der Waals surface area contributed by atoms with Gasteiger partial charge in [-0.05, 0) is 17.9 Å². The van der Waals surface area contributed by atoms with E-state index in [9.17, 15) is 23.1 Å². The minimum absolute atomic E-state index is 0.0621. The lowest BCUT2D eigenvalue weighted by atomic mass is 10.2. The van der Waals surface area contributed by atoms with Crippen LogP contribution in [0.5, 0.6) is 5.75 Å². The van der Waals surface area contributed by atoms with Crippen molar-refractivity contribution in [1.29, 1.82) is 0 Å². The van der Waals surface area contributed by atoms with E-state index in [1.54, 1.807) is 11.3 Å². The molecule has 0 fully saturated rings. The summed E-state index contributed by atoms with van der Waals surface area (Å²) in [4.78, 5) is 19.7. The molecule has 0 atom stereocenters. The Morgan fingerprint density at radius 3 is 2.86 bits per heavy atom. The summed E-state index contributed by atoms with van der Waals surface area (Å²) in [6.45, 7) is 0.680. The van der Waals surface area contributed by atoms with Crippen LogP contribution in [0.2, 0.25) is 0 Å². The summed E-state index contributed by atoms with van der Waals surface area (Å²) in [6, 6.07) is 2.65. The molecule has 29 heavy (non-hydrogen) atoms. The van der Waals surface area contributed by atoms with E-state index in [0.29, 0.717) is 23.9 Å². The van der Waals surface area contributed by atoms with Crippen LogP contribution in [-0.4, -0.2) is 38.9 Å². The van der Waals surface area contributed by atoms with Crippen molar-refractivity contribution in [2.24, 2.45) is 0 Å². The number of hydrogen-bond donors (Lipinski definition) is 2. The first kappa shape index (κ1) is 22.2. The number of thiophene rings is 2. The van der Waals surface area contributed by atoms with Gasteiger partial charge in [-0.2, -0.15) is 13.2 Å². The maximum atomic E-state index is 12.6. The molecule has 0 unspecified atom stereocenters. The molecule has 5 nitrogen and oxygen atoms in total. The normalized spacial score (nSPS) is 11.8. The first-order valence-electron chi connectivity index (χ1n) is 8.41. The molecule has 3 rings (SSSR count). The number of fused-ring (bicyclic) bond motifs is 1. The largest absolute Gasteiger partial charge is 0.507 e. The van der Waals surface area contributed by atoms with E-state index in [0.717, 1.165) is 21.8 Å². The third kappa shape index (κ3) is 6.24. The van der Waals surface area contributed by atoms with Crippen LogP contribution in [0.15, 0.2) is 23.8 Å². The molecule has 3 aromatic rings. The van der Waals surface area contributed by atoms with Gasteiger partial charge in [-0.25, -0.2) is 9.97 Å². The Bertz CT molecular complexity index is 974. The molecular weight excluding hydrogens is 463 g/mol. The number of aromatic nitrogens is 2. The van der Waals surface area contributed by atoms with E-state index in [1.807, 2.05) is 11.4 Å². The molecule has 0 aliphatic heterocycles. The van der Waals surface area contributed by atoms with E-state index in [4.69, 9.17) is 0 Å². The van der Waals surface area contributed by atoms with Crippen LogP contribution >= 0.6 is 44.3 Å². The highest BCUT2D eigenvalue weighted by Gasteiger charge is 2.33. The van der Waals surface area contributed by atoms with Crippen LogP contribution < -0.4 is 5.32 Å². The minimum Gasteiger partial charge on any atom is -0.507 e. The number of carbonyl (C=O) groups excluding carboxylic acids is 1. The zero-order chi connectivity index (χ0) is 20.9. The molecule has 0 radical (unpaired) electrons. The third-order valence-corrected chi connectivity index (χ3v) is 8.19. The SMILES string of the molecule is O=C(CCc1sc(C(F)(F)F)cc1O)CSSCCNc1ncnc2ccsc12. The van der Waals surface area contributed by atoms with Crippen molar-refractivity contribution in [3.8, 4) is 5.75 Å². The highest BCUT2D eigenvalue weighted by Crippen LogP contribution is 2.40. The predicted octanol–water partition coefficient (Wildman–Crippen LogP) is 5.47. The molecule has 3 heterocycles. The number of halogens is 3. The van der Waals surface area contributed by atoms with Gasteiger partial charge in [0, 0.05) is 29.7 Å². The topological polar surface area (TPSA) is 75.1 Å². The number of rotatable bonds is 10. The number of hydrogen-bond acceptors (Lipinski definition) is 9. The van der Waals surface area contributed by atoms with Gasteiger partial charge < -0.3 is 10.4 Å². The summed E-state index contributed by atoms with van der Waals surface area (Å²) < 4.78 is 38.9. The number of nitrogens with zero attached hydrogens (tertiary/aromatic N) is 2. The van der Waals surface area contributed by atoms with Gasteiger partial charge in [0.15, 0.2) is 0 Å². The summed E-state index contributed by atoms with van der Waals surface area (Å²) in [5, 5.41) is 14.8. The van der Waals surface area contributed by atoms with Crippen molar-refractivity contribution in [1.82, 2.24) is 9.97 Å². The second kappa shape index (κ2) is 10.0. The number of Topliss-reactive ketones (excluding diaryl/α,β-unsaturated/α-hetero) is 1. The van der Waals surface area contributed by atoms with E-state index in [2.05, 4.69) is 15.3 Å². The molecular formula is C17H16F3N3O2S4. The van der Waals surface area contributed by atoms with Gasteiger partial charge in [0.25, 0.3) is 0 Å². The summed E-state index contributed by atoms with van der Waals surface area (Å²) in [5.74, 6) is 1.36. The fourth-order valence-electron chi connectivity index (χ4n) is 2.36. The van der Waals surface area contributed by atoms with Gasteiger partial charge >= 0.3 is 6.18 Å². The smallest absolute Gasteiger partial charge is 0.425 e. The van der Waals surface area contributed by atoms with Crippen molar-refractivity contribution in [2.75, 3.05) is 23.4 Å². The molecule has 0 bridgehead atoms. The first-order valence-corrected chi connectivity index (χ1v) is 12.6. The Balaban J connectivity index is 1.32. The average Bonchev–Trinajstić information content (AvgIpc) is 3.29. The lowest BCUT2D eigenvalue weighted by Gasteiger charge is -2.05. The molecule has 0 aromatic carbocycles. The second-order valence-electron chi connectivity index (χ2n) is 5.82. The van der Waals surface area contributed by atoms with Crippen molar-refractivity contribution >= 4 is 66.1 Å². The number of nitrogens with one attached hydrogen (secondary N) is 1. The van der Waals surface area contributed by atoms with Gasteiger partial charge in [0.2, 0.25) is 0 Å². The summed E-state index contributed by atoms with van der Waals surface area (Å²) in [6.07, 6.45) is -2.75. The van der Waals surface area contributed by atoms with Gasteiger partial charge in [-0.15, -0.1) is 22.7 Å². The van der Waals surface area contributed by atoms with E-state index >= 15 is 0 Å². The quantitative estimate of drug-likeness (QED) is 0.295. The number of anilines is 1. The molecule has 2 N–H and O–H groups in total. The van der Waals surface area contributed by atoms with Crippen molar-refractivity contribution in [2.45, 2.75) is 19.0 Å². The molecule has 156 valence electrons. The first-order chi connectivity index (χ1) is 13.8. The lowest BCUT2D eigenvalue weighted by molar-refractivity contribution is -0.134. The number of ketones is 1. The average molecular weight is 480 g/mol. The van der Waals surface area contributed by atoms with E-state index in [-0.39, 0.29) is 29.3 Å². The monoisotopic (exact) mass is 479 g/mol. The molecule has 0 saturated carbocycles. The minimum atomic E-state index is -4.48. The van der Waals surface area contributed by atoms with Crippen LogP contribution in [0.4, 0.5) is 19.0 Å². The Morgan fingerprint density at radius 2 is 2.10 bits per heavy atom. The van der Waals surface area contributed by atoms with Gasteiger partial charge in [-0.3, -0.25) is 4.79 Å². The predicted molar refractivity (Wildman–Crippen MR) is 115 cm³/mol. The fraction of sp³-hybridized carbons (Fsp3) is 0.353. The Kier molecular flexibility index (Phi) is 7.66. The Labute approximate surface area is 180 Å². The molecule has 0 aliphatic carbocycles. The highest BCUT2D eigenvalue weighted by atomic mass is 33.1. The fourth-order valence-corrected chi connectivity index (χ4v) is 6.00. The number of carbonyl (C=O) groups is 1. The standard InChI is InChI=1S/C17H16F3N3O2S4/c18-17(19,20)14-7-12(25)13(29-14)2-1-10(24)8-28-27-6-4-21-16-15-11(3-5-26-15)22-9-23-16/h3,5,7,9,25H,1-2,4,6,8H2,(H,21,22,23). The van der Waals surface area contributed by atoms with E-state index in [1.165, 1.54) is 27.9 Å². The van der Waals surface area contributed by atoms with Crippen LogP contribution in [0.25, 0.3) is 10.2 Å². The van der Waals surface area contributed by atoms with Crippen molar-refractivity contribution in [3.05, 3.63) is 33.6 Å². The van der Waals surface area contributed by atoms with E-state index < -0.39 is 16.8 Å². The Hall–Kier alpha value is -1.50. The molecule has 12 heteroatoms. The maximum absolute atomic E-state index is 12.6. The Morgan fingerprint density at radius 1 is 1.28 bits per heavy atom. The van der Waals surface area contributed by atoms with Crippen LogP contribution in [0, 0.1) is 0 Å². The molecule has 0 saturated heterocycles. The summed E-state index contributed by atoms with van der Waals surface area (Å²) in [5.41, 5.74) is 0.902. The third-order valence-electron chi connectivity index (χ3n) is 3.72. The van der Waals surface area contributed by atoms with Gasteiger partial charge in [-0.1, -0.05) is 21.6 Å². The van der Waals surface area contributed by atoms with Gasteiger partial charge in [0.1, 0.15) is 28.6 Å².